The first kappa shape index (κ1) is 16.0. The number of para-hydroxylation sites is 1. The lowest BCUT2D eigenvalue weighted by atomic mass is 9.88. The van der Waals surface area contributed by atoms with Crippen molar-refractivity contribution in [3.8, 4) is 5.75 Å². The van der Waals surface area contributed by atoms with E-state index >= 15 is 0 Å². The SMILES string of the molecule is COC(=O)N1C[C@H](OCc2ccccc2)[C@H]2C[C@@H]1c1ccccc1O2. The molecule has 0 unspecified atom stereocenters. The minimum absolute atomic E-state index is 0.0287. The lowest BCUT2D eigenvalue weighted by molar-refractivity contribution is -0.0977. The van der Waals surface area contributed by atoms with Gasteiger partial charge in [-0.1, -0.05) is 48.5 Å². The molecule has 2 aromatic carbocycles. The van der Waals surface area contributed by atoms with Crippen LogP contribution in [0.1, 0.15) is 23.6 Å². The Labute approximate surface area is 147 Å². The third-order valence-electron chi connectivity index (χ3n) is 4.90. The molecule has 0 N–H and O–H groups in total. The summed E-state index contributed by atoms with van der Waals surface area (Å²) >= 11 is 0. The third kappa shape index (κ3) is 3.07. The molecule has 3 atom stereocenters. The molecule has 1 fully saturated rings. The zero-order valence-corrected chi connectivity index (χ0v) is 14.1. The van der Waals surface area contributed by atoms with Crippen LogP contribution >= 0.6 is 0 Å². The van der Waals surface area contributed by atoms with Crippen molar-refractivity contribution < 1.29 is 19.0 Å². The molecule has 2 heterocycles. The molecule has 5 nitrogen and oxygen atoms in total. The summed E-state index contributed by atoms with van der Waals surface area (Å²) in [5, 5.41) is 0. The van der Waals surface area contributed by atoms with Crippen molar-refractivity contribution in [2.45, 2.75) is 31.3 Å². The van der Waals surface area contributed by atoms with E-state index in [1.807, 2.05) is 54.6 Å². The summed E-state index contributed by atoms with van der Waals surface area (Å²) < 4.78 is 17.3. The number of methoxy groups -OCH3 is 1. The lowest BCUT2D eigenvalue weighted by Gasteiger charge is -2.46. The first-order valence-electron chi connectivity index (χ1n) is 8.52. The van der Waals surface area contributed by atoms with Gasteiger partial charge in [0.2, 0.25) is 0 Å². The summed E-state index contributed by atoms with van der Waals surface area (Å²) in [6.45, 7) is 0.954. The van der Waals surface area contributed by atoms with Crippen LogP contribution in [0.25, 0.3) is 0 Å². The Morgan fingerprint density at radius 1 is 1.16 bits per heavy atom. The van der Waals surface area contributed by atoms with E-state index in [9.17, 15) is 4.79 Å². The van der Waals surface area contributed by atoms with Gasteiger partial charge in [-0.3, -0.25) is 4.90 Å². The summed E-state index contributed by atoms with van der Waals surface area (Å²) in [6.07, 6.45) is 0.132. The highest BCUT2D eigenvalue weighted by Gasteiger charge is 2.45. The van der Waals surface area contributed by atoms with Crippen LogP contribution in [0.5, 0.6) is 5.75 Å². The Kier molecular flexibility index (Phi) is 4.32. The zero-order valence-electron chi connectivity index (χ0n) is 14.1. The number of carbonyl (C=O) groups excluding carboxylic acids is 1. The van der Waals surface area contributed by atoms with E-state index in [-0.39, 0.29) is 24.3 Å². The number of rotatable bonds is 3. The summed E-state index contributed by atoms with van der Waals surface area (Å²) in [6, 6.07) is 17.9. The van der Waals surface area contributed by atoms with Crippen molar-refractivity contribution in [1.29, 1.82) is 0 Å². The molecular formula is C20H21NO4. The highest BCUT2D eigenvalue weighted by atomic mass is 16.6. The first-order valence-corrected chi connectivity index (χ1v) is 8.52. The Morgan fingerprint density at radius 3 is 2.72 bits per heavy atom. The molecule has 1 amide bonds. The maximum absolute atomic E-state index is 12.3. The topological polar surface area (TPSA) is 48.0 Å². The molecule has 25 heavy (non-hydrogen) atoms. The van der Waals surface area contributed by atoms with Gasteiger partial charge in [0.1, 0.15) is 18.0 Å². The van der Waals surface area contributed by atoms with Gasteiger partial charge in [0, 0.05) is 12.0 Å². The maximum Gasteiger partial charge on any atom is 0.410 e. The molecule has 1 saturated heterocycles. The average molecular weight is 339 g/mol. The fraction of sp³-hybridized carbons (Fsp3) is 0.350. The molecule has 2 aromatic rings. The number of hydrogen-bond acceptors (Lipinski definition) is 4. The van der Waals surface area contributed by atoms with E-state index in [2.05, 4.69) is 0 Å². The summed E-state index contributed by atoms with van der Waals surface area (Å²) in [5.41, 5.74) is 2.14. The molecule has 4 rings (SSSR count). The number of amides is 1. The van der Waals surface area contributed by atoms with Gasteiger partial charge in [-0.15, -0.1) is 0 Å². The fourth-order valence-electron chi connectivity index (χ4n) is 3.64. The van der Waals surface area contributed by atoms with Crippen LogP contribution in [0.2, 0.25) is 0 Å². The van der Waals surface area contributed by atoms with Crippen LogP contribution in [0.15, 0.2) is 54.6 Å². The number of benzene rings is 2. The largest absolute Gasteiger partial charge is 0.487 e. The monoisotopic (exact) mass is 339 g/mol. The zero-order chi connectivity index (χ0) is 17.2. The smallest absolute Gasteiger partial charge is 0.410 e. The van der Waals surface area contributed by atoms with E-state index < -0.39 is 0 Å². The predicted octanol–water partition coefficient (Wildman–Crippen LogP) is 3.55. The molecule has 0 aliphatic carbocycles. The number of ether oxygens (including phenoxy) is 3. The van der Waals surface area contributed by atoms with Gasteiger partial charge >= 0.3 is 6.09 Å². The standard InChI is InChI=1S/C20H21NO4/c1-23-20(22)21-12-19(24-13-14-7-3-2-4-8-14)18-11-16(21)15-9-5-6-10-17(15)25-18/h2-10,16,18-19H,11-13H2,1H3/t16-,18-,19+/m1/s1. The van der Waals surface area contributed by atoms with Crippen molar-refractivity contribution in [3.05, 3.63) is 65.7 Å². The van der Waals surface area contributed by atoms with E-state index in [0.29, 0.717) is 19.6 Å². The highest BCUT2D eigenvalue weighted by molar-refractivity contribution is 5.69. The van der Waals surface area contributed by atoms with E-state index in [1.54, 1.807) is 4.90 Å². The molecule has 5 heteroatoms. The van der Waals surface area contributed by atoms with Crippen LogP contribution < -0.4 is 4.74 Å². The van der Waals surface area contributed by atoms with Crippen molar-refractivity contribution in [1.82, 2.24) is 4.90 Å². The highest BCUT2D eigenvalue weighted by Crippen LogP contribution is 2.43. The van der Waals surface area contributed by atoms with E-state index in [4.69, 9.17) is 14.2 Å². The second-order valence-electron chi connectivity index (χ2n) is 6.40. The predicted molar refractivity (Wildman–Crippen MR) is 92.3 cm³/mol. The van der Waals surface area contributed by atoms with Crippen molar-refractivity contribution in [2.75, 3.05) is 13.7 Å². The van der Waals surface area contributed by atoms with Gasteiger partial charge < -0.3 is 14.2 Å². The van der Waals surface area contributed by atoms with E-state index in [1.165, 1.54) is 7.11 Å². The Bertz CT molecular complexity index is 748. The van der Waals surface area contributed by atoms with Gasteiger partial charge in [0.15, 0.2) is 0 Å². The Balaban J connectivity index is 1.57. The van der Waals surface area contributed by atoms with Crippen LogP contribution in [0.3, 0.4) is 0 Å². The van der Waals surface area contributed by atoms with Crippen molar-refractivity contribution in [3.63, 3.8) is 0 Å². The maximum atomic E-state index is 12.3. The summed E-state index contributed by atoms with van der Waals surface area (Å²) in [7, 11) is 1.42. The van der Waals surface area contributed by atoms with Crippen LogP contribution in [0.4, 0.5) is 4.79 Å². The average Bonchev–Trinajstić information content (AvgIpc) is 2.67. The van der Waals surface area contributed by atoms with Gasteiger partial charge in [-0.05, 0) is 11.6 Å². The van der Waals surface area contributed by atoms with Gasteiger partial charge in [0.25, 0.3) is 0 Å². The number of piperidine rings is 1. The Morgan fingerprint density at radius 2 is 1.92 bits per heavy atom. The number of carbonyl (C=O) groups is 1. The minimum atomic E-state index is -0.325. The molecule has 2 bridgehead atoms. The minimum Gasteiger partial charge on any atom is -0.487 e. The lowest BCUT2D eigenvalue weighted by Crippen LogP contribution is -2.55. The number of nitrogens with zero attached hydrogens (tertiary/aromatic N) is 1. The van der Waals surface area contributed by atoms with Crippen molar-refractivity contribution in [2.24, 2.45) is 0 Å². The molecule has 0 saturated carbocycles. The van der Waals surface area contributed by atoms with Crippen LogP contribution in [-0.2, 0) is 16.1 Å². The van der Waals surface area contributed by atoms with Crippen molar-refractivity contribution >= 4 is 6.09 Å². The summed E-state index contributed by atoms with van der Waals surface area (Å²) in [4.78, 5) is 14.1. The fourth-order valence-corrected chi connectivity index (χ4v) is 3.64. The van der Waals surface area contributed by atoms with Crippen LogP contribution in [-0.4, -0.2) is 36.9 Å². The van der Waals surface area contributed by atoms with E-state index in [0.717, 1.165) is 16.9 Å². The number of fused-ring (bicyclic) bond motifs is 4. The molecule has 0 radical (unpaired) electrons. The molecule has 0 aromatic heterocycles. The molecule has 2 aliphatic rings. The quantitative estimate of drug-likeness (QED) is 0.858. The molecular weight excluding hydrogens is 318 g/mol. The second-order valence-corrected chi connectivity index (χ2v) is 6.40. The first-order chi connectivity index (χ1) is 12.3. The molecule has 2 aliphatic heterocycles. The molecule has 130 valence electrons. The second kappa shape index (κ2) is 6.76. The van der Waals surface area contributed by atoms with Gasteiger partial charge in [-0.25, -0.2) is 4.79 Å². The third-order valence-corrected chi connectivity index (χ3v) is 4.90. The molecule has 0 spiro atoms. The summed E-state index contributed by atoms with van der Waals surface area (Å²) in [5.74, 6) is 0.825. The number of likely N-dealkylation sites (tertiary alicyclic amines) is 1. The van der Waals surface area contributed by atoms with Gasteiger partial charge in [0.05, 0.1) is 26.3 Å². The number of hydrogen-bond donors (Lipinski definition) is 0. The Hall–Kier alpha value is -2.53. The normalized spacial score (nSPS) is 24.2. The van der Waals surface area contributed by atoms with Gasteiger partial charge in [-0.2, -0.15) is 0 Å². The van der Waals surface area contributed by atoms with Crippen LogP contribution in [0, 0.1) is 0 Å².